The monoisotopic (exact) mass is 227 g/mol. The Labute approximate surface area is 82.3 Å². The molecule has 2 heteroatoms. The van der Waals surface area contributed by atoms with Gasteiger partial charge in [-0.2, -0.15) is 0 Å². The number of hydrogen-bond donors (Lipinski definition) is 1. The van der Waals surface area contributed by atoms with Crippen LogP contribution in [0.2, 0.25) is 0 Å². The molecule has 0 bridgehead atoms. The maximum atomic E-state index is 3.53. The molecule has 0 spiro atoms. The van der Waals surface area contributed by atoms with Crippen LogP contribution in [0.25, 0.3) is 0 Å². The molecule has 1 nitrogen and oxygen atoms in total. The van der Waals surface area contributed by atoms with Gasteiger partial charge >= 0.3 is 0 Å². The lowest BCUT2D eigenvalue weighted by Crippen LogP contribution is -1.93. The molecule has 0 aliphatic carbocycles. The first kappa shape index (κ1) is 9.59. The summed E-state index contributed by atoms with van der Waals surface area (Å²) in [5, 5.41) is 3.13. The van der Waals surface area contributed by atoms with E-state index in [1.165, 1.54) is 15.7 Å². The largest absolute Gasteiger partial charge is 0.388 e. The van der Waals surface area contributed by atoms with Crippen LogP contribution < -0.4 is 5.32 Å². The molecule has 66 valence electrons. The summed E-state index contributed by atoms with van der Waals surface area (Å²) in [6, 6.07) is 6.33. The lowest BCUT2D eigenvalue weighted by molar-refractivity contribution is 0.861. The Balaban J connectivity index is 3.08. The van der Waals surface area contributed by atoms with Gasteiger partial charge in [0.2, 0.25) is 0 Å². The Kier molecular flexibility index (Phi) is 3.15. The molecular formula is C10H14BrN. The van der Waals surface area contributed by atoms with Gasteiger partial charge in [-0.3, -0.25) is 0 Å². The van der Waals surface area contributed by atoms with Crippen molar-refractivity contribution >= 4 is 21.6 Å². The van der Waals surface area contributed by atoms with E-state index in [1.54, 1.807) is 0 Å². The molecule has 1 aromatic rings. The lowest BCUT2D eigenvalue weighted by atomic mass is 10.0. The Morgan fingerprint density at radius 1 is 1.33 bits per heavy atom. The normalized spacial score (nSPS) is 10.4. The third kappa shape index (κ3) is 2.01. The molecule has 0 aliphatic heterocycles. The Bertz CT molecular complexity index is 269. The van der Waals surface area contributed by atoms with Gasteiger partial charge in [-0.25, -0.2) is 0 Å². The Morgan fingerprint density at radius 2 is 2.00 bits per heavy atom. The van der Waals surface area contributed by atoms with Crippen LogP contribution in [0.5, 0.6) is 0 Å². The van der Waals surface area contributed by atoms with Gasteiger partial charge in [-0.15, -0.1) is 0 Å². The summed E-state index contributed by atoms with van der Waals surface area (Å²) in [7, 11) is 1.94. The van der Waals surface area contributed by atoms with Crippen LogP contribution in [-0.2, 0) is 0 Å². The third-order valence-electron chi connectivity index (χ3n) is 1.91. The summed E-state index contributed by atoms with van der Waals surface area (Å²) in [5.74, 6) is 0.563. The van der Waals surface area contributed by atoms with Crippen molar-refractivity contribution in [1.82, 2.24) is 0 Å². The molecule has 0 heterocycles. The number of nitrogens with one attached hydrogen (secondary N) is 1. The van der Waals surface area contributed by atoms with E-state index in [0.29, 0.717) is 5.92 Å². The van der Waals surface area contributed by atoms with Crippen molar-refractivity contribution in [3.8, 4) is 0 Å². The van der Waals surface area contributed by atoms with Gasteiger partial charge in [0.25, 0.3) is 0 Å². The van der Waals surface area contributed by atoms with Crippen LogP contribution >= 0.6 is 15.9 Å². The van der Waals surface area contributed by atoms with E-state index in [1.807, 2.05) is 7.05 Å². The Hall–Kier alpha value is -0.500. The van der Waals surface area contributed by atoms with Gasteiger partial charge in [-0.05, 0) is 29.7 Å². The average Bonchev–Trinajstić information content (AvgIpc) is 2.05. The van der Waals surface area contributed by atoms with Crippen LogP contribution in [0.4, 0.5) is 5.69 Å². The fourth-order valence-electron chi connectivity index (χ4n) is 1.14. The fourth-order valence-corrected chi connectivity index (χ4v) is 1.85. The van der Waals surface area contributed by atoms with E-state index in [2.05, 4.69) is 53.3 Å². The van der Waals surface area contributed by atoms with Crippen molar-refractivity contribution in [2.45, 2.75) is 19.8 Å². The molecule has 1 N–H and O–H groups in total. The van der Waals surface area contributed by atoms with Crippen molar-refractivity contribution in [3.05, 3.63) is 28.2 Å². The number of hydrogen-bond acceptors (Lipinski definition) is 1. The minimum atomic E-state index is 0.563. The van der Waals surface area contributed by atoms with E-state index in [9.17, 15) is 0 Å². The second kappa shape index (κ2) is 3.94. The van der Waals surface area contributed by atoms with E-state index >= 15 is 0 Å². The summed E-state index contributed by atoms with van der Waals surface area (Å²) < 4.78 is 1.19. The highest BCUT2D eigenvalue weighted by molar-refractivity contribution is 9.10. The lowest BCUT2D eigenvalue weighted by Gasteiger charge is -2.10. The van der Waals surface area contributed by atoms with Gasteiger partial charge < -0.3 is 5.32 Å². The maximum absolute atomic E-state index is 3.53. The molecule has 0 saturated heterocycles. The minimum Gasteiger partial charge on any atom is -0.388 e. The predicted molar refractivity (Wildman–Crippen MR) is 57.8 cm³/mol. The first-order valence-corrected chi connectivity index (χ1v) is 4.91. The van der Waals surface area contributed by atoms with E-state index in [-0.39, 0.29) is 0 Å². The SMILES string of the molecule is CNc1ccc(Br)c(C(C)C)c1. The van der Waals surface area contributed by atoms with Crippen LogP contribution in [0.1, 0.15) is 25.3 Å². The van der Waals surface area contributed by atoms with Crippen molar-refractivity contribution in [3.63, 3.8) is 0 Å². The molecule has 0 unspecified atom stereocenters. The van der Waals surface area contributed by atoms with E-state index in [4.69, 9.17) is 0 Å². The summed E-state index contributed by atoms with van der Waals surface area (Å²) >= 11 is 3.53. The van der Waals surface area contributed by atoms with Gasteiger partial charge in [0.1, 0.15) is 0 Å². The summed E-state index contributed by atoms with van der Waals surface area (Å²) in [4.78, 5) is 0. The summed E-state index contributed by atoms with van der Waals surface area (Å²) in [5.41, 5.74) is 2.52. The smallest absolute Gasteiger partial charge is 0.0341 e. The maximum Gasteiger partial charge on any atom is 0.0341 e. The van der Waals surface area contributed by atoms with Crippen LogP contribution in [0.3, 0.4) is 0 Å². The number of rotatable bonds is 2. The minimum absolute atomic E-state index is 0.563. The first-order chi connectivity index (χ1) is 5.65. The number of benzene rings is 1. The molecule has 0 aliphatic rings. The molecule has 0 fully saturated rings. The molecule has 0 saturated carbocycles. The predicted octanol–water partition coefficient (Wildman–Crippen LogP) is 3.61. The van der Waals surface area contributed by atoms with Crippen molar-refractivity contribution in [2.24, 2.45) is 0 Å². The topological polar surface area (TPSA) is 12.0 Å². The average molecular weight is 228 g/mol. The zero-order valence-corrected chi connectivity index (χ0v) is 9.27. The third-order valence-corrected chi connectivity index (χ3v) is 2.63. The molecule has 0 atom stereocenters. The highest BCUT2D eigenvalue weighted by Gasteiger charge is 2.04. The second-order valence-electron chi connectivity index (χ2n) is 3.14. The molecule has 0 radical (unpaired) electrons. The Morgan fingerprint density at radius 3 is 2.50 bits per heavy atom. The van der Waals surface area contributed by atoms with E-state index in [0.717, 1.165) is 0 Å². The highest BCUT2D eigenvalue weighted by Crippen LogP contribution is 2.27. The first-order valence-electron chi connectivity index (χ1n) is 4.12. The molecule has 1 rings (SSSR count). The number of halogens is 1. The standard InChI is InChI=1S/C10H14BrN/c1-7(2)9-6-8(12-3)4-5-10(9)11/h4-7,12H,1-3H3. The zero-order valence-electron chi connectivity index (χ0n) is 7.69. The molecule has 1 aromatic carbocycles. The number of anilines is 1. The van der Waals surface area contributed by atoms with Crippen LogP contribution in [0, 0.1) is 0 Å². The van der Waals surface area contributed by atoms with Crippen LogP contribution in [0.15, 0.2) is 22.7 Å². The quantitative estimate of drug-likeness (QED) is 0.815. The van der Waals surface area contributed by atoms with Crippen molar-refractivity contribution in [1.29, 1.82) is 0 Å². The van der Waals surface area contributed by atoms with Crippen molar-refractivity contribution < 1.29 is 0 Å². The van der Waals surface area contributed by atoms with Crippen LogP contribution in [-0.4, -0.2) is 7.05 Å². The fraction of sp³-hybridized carbons (Fsp3) is 0.400. The molecule has 0 aromatic heterocycles. The summed E-state index contributed by atoms with van der Waals surface area (Å²) in [6.07, 6.45) is 0. The van der Waals surface area contributed by atoms with Gasteiger partial charge in [0.05, 0.1) is 0 Å². The highest BCUT2D eigenvalue weighted by atomic mass is 79.9. The zero-order chi connectivity index (χ0) is 9.14. The van der Waals surface area contributed by atoms with Crippen molar-refractivity contribution in [2.75, 3.05) is 12.4 Å². The second-order valence-corrected chi connectivity index (χ2v) is 4.00. The van der Waals surface area contributed by atoms with Gasteiger partial charge in [-0.1, -0.05) is 29.8 Å². The molecule has 12 heavy (non-hydrogen) atoms. The molecular weight excluding hydrogens is 214 g/mol. The molecule has 0 amide bonds. The summed E-state index contributed by atoms with van der Waals surface area (Å²) in [6.45, 7) is 4.39. The van der Waals surface area contributed by atoms with E-state index < -0.39 is 0 Å². The van der Waals surface area contributed by atoms with Gasteiger partial charge in [0.15, 0.2) is 0 Å². The van der Waals surface area contributed by atoms with Gasteiger partial charge in [0, 0.05) is 17.2 Å².